The molecule has 7 heteroatoms. The number of rotatable bonds is 4. The van der Waals surface area contributed by atoms with Crippen molar-refractivity contribution in [1.29, 1.82) is 0 Å². The first-order chi connectivity index (χ1) is 12.9. The minimum Gasteiger partial charge on any atom is -0.357 e. The maximum absolute atomic E-state index is 13.0. The minimum atomic E-state index is -4.57. The number of halogens is 3. The lowest BCUT2D eigenvalue weighted by molar-refractivity contribution is -0.137. The molecule has 1 aliphatic rings. The zero-order valence-electron chi connectivity index (χ0n) is 14.9. The molecule has 1 aromatic carbocycles. The quantitative estimate of drug-likeness (QED) is 0.858. The summed E-state index contributed by atoms with van der Waals surface area (Å²) >= 11 is 0. The molecule has 27 heavy (non-hydrogen) atoms. The SMILES string of the molecule is O=C(NCc1ccc(N2CCCCCC2)nc1)c1ccccc1C(F)(F)F. The Morgan fingerprint density at radius 2 is 1.74 bits per heavy atom. The molecule has 0 atom stereocenters. The zero-order valence-corrected chi connectivity index (χ0v) is 14.9. The number of hydrogen-bond donors (Lipinski definition) is 1. The monoisotopic (exact) mass is 377 g/mol. The Balaban J connectivity index is 1.63. The van der Waals surface area contributed by atoms with Gasteiger partial charge in [-0.3, -0.25) is 4.79 Å². The first-order valence-corrected chi connectivity index (χ1v) is 9.09. The van der Waals surface area contributed by atoms with Crippen molar-refractivity contribution in [1.82, 2.24) is 10.3 Å². The Morgan fingerprint density at radius 1 is 1.04 bits per heavy atom. The molecular formula is C20H22F3N3O. The Hall–Kier alpha value is -2.57. The Morgan fingerprint density at radius 3 is 2.37 bits per heavy atom. The highest BCUT2D eigenvalue weighted by Crippen LogP contribution is 2.31. The average molecular weight is 377 g/mol. The molecular weight excluding hydrogens is 355 g/mol. The second-order valence-electron chi connectivity index (χ2n) is 6.65. The van der Waals surface area contributed by atoms with E-state index in [4.69, 9.17) is 0 Å². The number of alkyl halides is 3. The van der Waals surface area contributed by atoms with Gasteiger partial charge in [0, 0.05) is 25.8 Å². The predicted molar refractivity (Wildman–Crippen MR) is 97.5 cm³/mol. The van der Waals surface area contributed by atoms with E-state index in [2.05, 4.69) is 15.2 Å². The van der Waals surface area contributed by atoms with Gasteiger partial charge in [-0.2, -0.15) is 13.2 Å². The molecule has 2 aromatic rings. The number of hydrogen-bond acceptors (Lipinski definition) is 3. The van der Waals surface area contributed by atoms with Crippen LogP contribution >= 0.6 is 0 Å². The number of amides is 1. The van der Waals surface area contributed by atoms with Crippen LogP contribution < -0.4 is 10.2 Å². The van der Waals surface area contributed by atoms with Crippen LogP contribution in [0.4, 0.5) is 19.0 Å². The van der Waals surface area contributed by atoms with Gasteiger partial charge < -0.3 is 10.2 Å². The number of nitrogens with zero attached hydrogens (tertiary/aromatic N) is 2. The molecule has 2 heterocycles. The van der Waals surface area contributed by atoms with Gasteiger partial charge in [-0.05, 0) is 36.6 Å². The molecule has 1 aromatic heterocycles. The minimum absolute atomic E-state index is 0.123. The van der Waals surface area contributed by atoms with Crippen molar-refractivity contribution < 1.29 is 18.0 Å². The molecule has 1 amide bonds. The standard InChI is InChI=1S/C20H22F3N3O/c21-20(22,23)17-8-4-3-7-16(17)19(27)25-14-15-9-10-18(24-13-15)26-11-5-1-2-6-12-26/h3-4,7-10,13H,1-2,5-6,11-12,14H2,(H,25,27). The number of carbonyl (C=O) groups excluding carboxylic acids is 1. The smallest absolute Gasteiger partial charge is 0.357 e. The van der Waals surface area contributed by atoms with E-state index in [1.807, 2.05) is 12.1 Å². The van der Waals surface area contributed by atoms with Crippen molar-refractivity contribution in [2.45, 2.75) is 38.4 Å². The first kappa shape index (κ1) is 19.2. The Kier molecular flexibility index (Phi) is 5.98. The van der Waals surface area contributed by atoms with Gasteiger partial charge in [0.2, 0.25) is 0 Å². The maximum atomic E-state index is 13.0. The van der Waals surface area contributed by atoms with Crippen LogP contribution in [-0.4, -0.2) is 24.0 Å². The highest BCUT2D eigenvalue weighted by atomic mass is 19.4. The summed E-state index contributed by atoms with van der Waals surface area (Å²) in [6, 6.07) is 8.53. The summed E-state index contributed by atoms with van der Waals surface area (Å²) in [6.45, 7) is 2.09. The molecule has 1 aliphatic heterocycles. The van der Waals surface area contributed by atoms with Gasteiger partial charge in [0.05, 0.1) is 11.1 Å². The zero-order chi connectivity index (χ0) is 19.3. The van der Waals surface area contributed by atoms with Crippen LogP contribution in [0.3, 0.4) is 0 Å². The van der Waals surface area contributed by atoms with Crippen LogP contribution in [0.25, 0.3) is 0 Å². The number of anilines is 1. The third-order valence-electron chi connectivity index (χ3n) is 4.67. The van der Waals surface area contributed by atoms with Crippen LogP contribution in [-0.2, 0) is 12.7 Å². The molecule has 1 N–H and O–H groups in total. The summed E-state index contributed by atoms with van der Waals surface area (Å²) in [5, 5.41) is 2.54. The van der Waals surface area contributed by atoms with E-state index < -0.39 is 17.6 Å². The topological polar surface area (TPSA) is 45.2 Å². The average Bonchev–Trinajstić information content (AvgIpc) is 2.95. The van der Waals surface area contributed by atoms with E-state index in [0.717, 1.165) is 43.4 Å². The molecule has 0 bridgehead atoms. The molecule has 4 nitrogen and oxygen atoms in total. The third kappa shape index (κ3) is 4.99. The van der Waals surface area contributed by atoms with Crippen LogP contribution in [0.1, 0.15) is 47.2 Å². The summed E-state index contributed by atoms with van der Waals surface area (Å²) in [7, 11) is 0. The van der Waals surface area contributed by atoms with E-state index in [9.17, 15) is 18.0 Å². The fraction of sp³-hybridized carbons (Fsp3) is 0.400. The number of carbonyl (C=O) groups is 1. The van der Waals surface area contributed by atoms with Crippen LogP contribution in [0.15, 0.2) is 42.6 Å². The maximum Gasteiger partial charge on any atom is 0.417 e. The highest BCUT2D eigenvalue weighted by molar-refractivity contribution is 5.95. The molecule has 1 fully saturated rings. The third-order valence-corrected chi connectivity index (χ3v) is 4.67. The first-order valence-electron chi connectivity index (χ1n) is 9.09. The largest absolute Gasteiger partial charge is 0.417 e. The predicted octanol–water partition coefficient (Wildman–Crippen LogP) is 4.41. The van der Waals surface area contributed by atoms with Gasteiger partial charge in [-0.15, -0.1) is 0 Å². The summed E-state index contributed by atoms with van der Waals surface area (Å²) in [5.74, 6) is 0.147. The fourth-order valence-electron chi connectivity index (χ4n) is 3.21. The summed E-state index contributed by atoms with van der Waals surface area (Å²) < 4.78 is 39.1. The second kappa shape index (κ2) is 8.41. The van der Waals surface area contributed by atoms with Crippen LogP contribution in [0.5, 0.6) is 0 Å². The fourth-order valence-corrected chi connectivity index (χ4v) is 3.21. The Labute approximate surface area is 156 Å². The number of nitrogens with one attached hydrogen (secondary N) is 1. The molecule has 0 saturated carbocycles. The van der Waals surface area contributed by atoms with Gasteiger partial charge in [-0.25, -0.2) is 4.98 Å². The van der Waals surface area contributed by atoms with Crippen molar-refractivity contribution in [2.75, 3.05) is 18.0 Å². The second-order valence-corrected chi connectivity index (χ2v) is 6.65. The summed E-state index contributed by atoms with van der Waals surface area (Å²) in [6.07, 6.45) is 1.87. The molecule has 0 aliphatic carbocycles. The normalized spacial score (nSPS) is 15.3. The van der Waals surface area contributed by atoms with Gasteiger partial charge >= 0.3 is 6.18 Å². The van der Waals surface area contributed by atoms with Crippen LogP contribution in [0, 0.1) is 0 Å². The van der Waals surface area contributed by atoms with E-state index in [1.165, 1.54) is 31.0 Å². The molecule has 1 saturated heterocycles. The lowest BCUT2D eigenvalue weighted by Gasteiger charge is -2.21. The molecule has 3 rings (SSSR count). The van der Waals surface area contributed by atoms with Gasteiger partial charge in [0.15, 0.2) is 0 Å². The lowest BCUT2D eigenvalue weighted by atomic mass is 10.1. The van der Waals surface area contributed by atoms with Gasteiger partial charge in [-0.1, -0.05) is 31.0 Å². The van der Waals surface area contributed by atoms with Gasteiger partial charge in [0.1, 0.15) is 5.82 Å². The van der Waals surface area contributed by atoms with Crippen molar-refractivity contribution in [2.24, 2.45) is 0 Å². The molecule has 0 unspecified atom stereocenters. The number of pyridine rings is 1. The summed E-state index contributed by atoms with van der Waals surface area (Å²) in [5.41, 5.74) is -0.567. The number of benzene rings is 1. The van der Waals surface area contributed by atoms with Crippen molar-refractivity contribution >= 4 is 11.7 Å². The van der Waals surface area contributed by atoms with E-state index in [-0.39, 0.29) is 12.1 Å². The molecule has 144 valence electrons. The Bertz CT molecular complexity index is 767. The number of aromatic nitrogens is 1. The molecule has 0 spiro atoms. The van der Waals surface area contributed by atoms with E-state index >= 15 is 0 Å². The van der Waals surface area contributed by atoms with Crippen molar-refractivity contribution in [3.05, 3.63) is 59.3 Å². The highest BCUT2D eigenvalue weighted by Gasteiger charge is 2.34. The van der Waals surface area contributed by atoms with Gasteiger partial charge in [0.25, 0.3) is 5.91 Å². The van der Waals surface area contributed by atoms with Crippen molar-refractivity contribution in [3.63, 3.8) is 0 Å². The molecule has 0 radical (unpaired) electrons. The lowest BCUT2D eigenvalue weighted by Crippen LogP contribution is -2.26. The van der Waals surface area contributed by atoms with E-state index in [0.29, 0.717) is 0 Å². The van der Waals surface area contributed by atoms with E-state index in [1.54, 1.807) is 6.20 Å². The van der Waals surface area contributed by atoms with Crippen molar-refractivity contribution in [3.8, 4) is 0 Å². The summed E-state index contributed by atoms with van der Waals surface area (Å²) in [4.78, 5) is 18.9. The van der Waals surface area contributed by atoms with Crippen LogP contribution in [0.2, 0.25) is 0 Å².